The van der Waals surface area contributed by atoms with Gasteiger partial charge in [-0.15, -0.1) is 0 Å². The number of thioether (sulfide) groups is 1. The average Bonchev–Trinajstić information content (AvgIpc) is 3.26. The Kier molecular flexibility index (Phi) is 3.92. The number of nitrogens with zero attached hydrogens (tertiary/aromatic N) is 4. The lowest BCUT2D eigenvalue weighted by Crippen LogP contribution is -2.31. The van der Waals surface area contributed by atoms with Crippen molar-refractivity contribution in [2.24, 2.45) is 13.0 Å². The van der Waals surface area contributed by atoms with Crippen LogP contribution in [0.15, 0.2) is 29.9 Å². The molecule has 0 bridgehead atoms. The minimum Gasteiger partial charge on any atom is -0.342 e. The summed E-state index contributed by atoms with van der Waals surface area (Å²) in [6.45, 7) is 0. The molecule has 0 spiro atoms. The van der Waals surface area contributed by atoms with Crippen molar-refractivity contribution in [3.8, 4) is 0 Å². The fourth-order valence-electron chi connectivity index (χ4n) is 2.26. The minimum atomic E-state index is -0.150. The summed E-state index contributed by atoms with van der Waals surface area (Å²) in [6.07, 6.45) is 10.9. The van der Waals surface area contributed by atoms with Gasteiger partial charge in [-0.25, -0.2) is 15.0 Å². The zero-order valence-electron chi connectivity index (χ0n) is 12.0. The number of carbonyl (C=O) groups excluding carboxylic acids is 1. The van der Waals surface area contributed by atoms with Crippen molar-refractivity contribution in [3.63, 3.8) is 0 Å². The molecule has 1 fully saturated rings. The topological polar surface area (TPSA) is 72.7 Å². The molecule has 0 saturated heterocycles. The highest BCUT2D eigenvalue weighted by atomic mass is 32.2. The van der Waals surface area contributed by atoms with Crippen LogP contribution in [0.2, 0.25) is 0 Å². The lowest BCUT2D eigenvalue weighted by atomic mass is 10.1. The Morgan fingerprint density at radius 3 is 2.62 bits per heavy atom. The van der Waals surface area contributed by atoms with Crippen LogP contribution in [0.3, 0.4) is 0 Å². The summed E-state index contributed by atoms with van der Waals surface area (Å²) in [5.74, 6) is 1.22. The van der Waals surface area contributed by atoms with Crippen molar-refractivity contribution in [1.29, 1.82) is 0 Å². The highest BCUT2D eigenvalue weighted by Crippen LogP contribution is 2.40. The summed E-state index contributed by atoms with van der Waals surface area (Å²) in [4.78, 5) is 25.0. The number of nitrogens with one attached hydrogen (secondary N) is 1. The number of hydrogen-bond acceptors (Lipinski definition) is 5. The largest absolute Gasteiger partial charge is 0.342 e. The number of carbonyl (C=O) groups is 1. The van der Waals surface area contributed by atoms with E-state index in [1.807, 2.05) is 24.1 Å². The van der Waals surface area contributed by atoms with Crippen LogP contribution < -0.4 is 5.32 Å². The molecular formula is C14H17N5OS. The molecule has 110 valence electrons. The Morgan fingerprint density at radius 1 is 1.38 bits per heavy atom. The lowest BCUT2D eigenvalue weighted by molar-refractivity contribution is 0.0928. The van der Waals surface area contributed by atoms with E-state index >= 15 is 0 Å². The second-order valence-electron chi connectivity index (χ2n) is 5.14. The third-order valence-corrected chi connectivity index (χ3v) is 4.17. The van der Waals surface area contributed by atoms with Crippen molar-refractivity contribution >= 4 is 17.7 Å². The molecule has 0 radical (unpaired) electrons. The smallest absolute Gasteiger partial charge is 0.255 e. The van der Waals surface area contributed by atoms with Gasteiger partial charge in [0.25, 0.3) is 5.91 Å². The molecule has 3 rings (SSSR count). The monoisotopic (exact) mass is 303 g/mol. The summed E-state index contributed by atoms with van der Waals surface area (Å²) >= 11 is 1.45. The second-order valence-corrected chi connectivity index (χ2v) is 5.92. The fraction of sp³-hybridized carbons (Fsp3) is 0.429. The number of rotatable bonds is 5. The van der Waals surface area contributed by atoms with Gasteiger partial charge in [-0.05, 0) is 25.0 Å². The highest BCUT2D eigenvalue weighted by Gasteiger charge is 2.35. The zero-order valence-corrected chi connectivity index (χ0v) is 12.8. The standard InChI is InChI=1S/C14H17N5OS/c1-19-6-5-15-12(19)11(9-3-4-9)18-13(20)10-7-16-14(21-2)17-8-10/h5-9,11H,3-4H2,1-2H3,(H,18,20)/t11-/m0/s1. The van der Waals surface area contributed by atoms with Gasteiger partial charge in [0.2, 0.25) is 0 Å². The first kappa shape index (κ1) is 14.1. The van der Waals surface area contributed by atoms with Gasteiger partial charge in [-0.1, -0.05) is 11.8 Å². The van der Waals surface area contributed by atoms with Crippen LogP contribution in [0, 0.1) is 5.92 Å². The number of aryl methyl sites for hydroxylation is 1. The van der Waals surface area contributed by atoms with E-state index in [9.17, 15) is 4.79 Å². The summed E-state index contributed by atoms with van der Waals surface area (Å²) in [6, 6.07) is -0.0438. The van der Waals surface area contributed by atoms with Crippen molar-refractivity contribution in [2.45, 2.75) is 24.0 Å². The lowest BCUT2D eigenvalue weighted by Gasteiger charge is -2.18. The first-order valence-corrected chi connectivity index (χ1v) is 8.05. The third-order valence-electron chi connectivity index (χ3n) is 3.59. The molecule has 1 aliphatic rings. The van der Waals surface area contributed by atoms with Crippen LogP contribution >= 0.6 is 11.8 Å². The summed E-state index contributed by atoms with van der Waals surface area (Å²) < 4.78 is 1.95. The molecule has 6 nitrogen and oxygen atoms in total. The van der Waals surface area contributed by atoms with E-state index in [0.717, 1.165) is 18.7 Å². The van der Waals surface area contributed by atoms with Crippen molar-refractivity contribution in [2.75, 3.05) is 6.26 Å². The normalized spacial score (nSPS) is 15.7. The summed E-state index contributed by atoms with van der Waals surface area (Å²) in [5, 5.41) is 3.73. The van der Waals surface area contributed by atoms with Crippen LogP contribution in [0.5, 0.6) is 0 Å². The fourth-order valence-corrected chi connectivity index (χ4v) is 2.58. The van der Waals surface area contributed by atoms with Gasteiger partial charge in [-0.3, -0.25) is 4.79 Å². The molecule has 1 atom stereocenters. The van der Waals surface area contributed by atoms with Crippen LogP contribution in [0.1, 0.15) is 35.1 Å². The molecule has 1 N–H and O–H groups in total. The molecule has 7 heteroatoms. The van der Waals surface area contributed by atoms with Crippen LogP contribution in [-0.4, -0.2) is 31.7 Å². The van der Waals surface area contributed by atoms with E-state index in [-0.39, 0.29) is 11.9 Å². The van der Waals surface area contributed by atoms with Crippen LogP contribution in [-0.2, 0) is 7.05 Å². The maximum atomic E-state index is 12.4. The van der Waals surface area contributed by atoms with Crippen molar-refractivity contribution < 1.29 is 4.79 Å². The predicted octanol–water partition coefficient (Wildman–Crippen LogP) is 1.81. The van der Waals surface area contributed by atoms with Crippen LogP contribution in [0.25, 0.3) is 0 Å². The third kappa shape index (κ3) is 3.07. The Bertz CT molecular complexity index is 635. The Hall–Kier alpha value is -1.89. The van der Waals surface area contributed by atoms with E-state index in [4.69, 9.17) is 0 Å². The number of amides is 1. The SMILES string of the molecule is CSc1ncc(C(=O)N[C@H](c2nccn2C)C2CC2)cn1. The molecule has 0 unspecified atom stereocenters. The Labute approximate surface area is 127 Å². The van der Waals surface area contributed by atoms with Gasteiger partial charge in [0, 0.05) is 31.8 Å². The van der Waals surface area contributed by atoms with Gasteiger partial charge >= 0.3 is 0 Å². The summed E-state index contributed by atoms with van der Waals surface area (Å²) in [7, 11) is 1.94. The van der Waals surface area contributed by atoms with Gasteiger partial charge < -0.3 is 9.88 Å². The van der Waals surface area contributed by atoms with Crippen molar-refractivity contribution in [3.05, 3.63) is 36.2 Å². The molecule has 0 aliphatic heterocycles. The molecule has 0 aromatic carbocycles. The molecular weight excluding hydrogens is 286 g/mol. The molecule has 1 aliphatic carbocycles. The van der Waals surface area contributed by atoms with E-state index < -0.39 is 0 Å². The van der Waals surface area contributed by atoms with E-state index in [1.165, 1.54) is 11.8 Å². The maximum absolute atomic E-state index is 12.4. The van der Waals surface area contributed by atoms with Crippen molar-refractivity contribution in [1.82, 2.24) is 24.8 Å². The van der Waals surface area contributed by atoms with E-state index in [0.29, 0.717) is 16.6 Å². The second kappa shape index (κ2) is 5.85. The Morgan fingerprint density at radius 2 is 2.10 bits per heavy atom. The first-order valence-electron chi connectivity index (χ1n) is 6.83. The molecule has 2 aromatic rings. The van der Waals surface area contributed by atoms with Gasteiger partial charge in [0.1, 0.15) is 5.82 Å². The van der Waals surface area contributed by atoms with Gasteiger partial charge in [0.15, 0.2) is 5.16 Å². The van der Waals surface area contributed by atoms with E-state index in [1.54, 1.807) is 18.6 Å². The molecule has 2 aromatic heterocycles. The number of imidazole rings is 1. The maximum Gasteiger partial charge on any atom is 0.255 e. The zero-order chi connectivity index (χ0) is 14.8. The Balaban J connectivity index is 1.76. The summed E-state index contributed by atoms with van der Waals surface area (Å²) in [5.41, 5.74) is 0.479. The predicted molar refractivity (Wildman–Crippen MR) is 80.0 cm³/mol. The average molecular weight is 303 g/mol. The number of hydrogen-bond donors (Lipinski definition) is 1. The van der Waals surface area contributed by atoms with E-state index in [2.05, 4.69) is 20.3 Å². The molecule has 21 heavy (non-hydrogen) atoms. The van der Waals surface area contributed by atoms with Gasteiger partial charge in [0.05, 0.1) is 11.6 Å². The minimum absolute atomic E-state index is 0.0438. The first-order chi connectivity index (χ1) is 10.2. The highest BCUT2D eigenvalue weighted by molar-refractivity contribution is 7.98. The van der Waals surface area contributed by atoms with Crippen LogP contribution in [0.4, 0.5) is 0 Å². The molecule has 1 saturated carbocycles. The number of aromatic nitrogens is 4. The molecule has 1 amide bonds. The molecule has 2 heterocycles. The van der Waals surface area contributed by atoms with Gasteiger partial charge in [-0.2, -0.15) is 0 Å². The quantitative estimate of drug-likeness (QED) is 0.673.